The number of aryl methyl sites for hydroxylation is 2. The van der Waals surface area contributed by atoms with Crippen LogP contribution in [0.1, 0.15) is 21.9 Å². The summed E-state index contributed by atoms with van der Waals surface area (Å²) in [6.07, 6.45) is 0. The molecule has 0 radical (unpaired) electrons. The number of nitrogens with one attached hydrogen (secondary N) is 1. The van der Waals surface area contributed by atoms with Crippen LogP contribution in [0.5, 0.6) is 0 Å². The second-order valence-electron chi connectivity index (χ2n) is 4.11. The second-order valence-corrected chi connectivity index (χ2v) is 4.51. The van der Waals surface area contributed by atoms with Crippen LogP contribution >= 0.6 is 11.6 Å². The van der Waals surface area contributed by atoms with Gasteiger partial charge < -0.3 is 11.1 Å². The molecule has 0 saturated carbocycles. The third-order valence-electron chi connectivity index (χ3n) is 2.56. The molecule has 2 heterocycles. The molecule has 19 heavy (non-hydrogen) atoms. The molecule has 2 aromatic heterocycles. The Kier molecular flexibility index (Phi) is 3.66. The predicted molar refractivity (Wildman–Crippen MR) is 75.3 cm³/mol. The van der Waals surface area contributed by atoms with E-state index in [1.165, 1.54) is 6.07 Å². The molecule has 6 heteroatoms. The van der Waals surface area contributed by atoms with E-state index in [-0.39, 0.29) is 16.5 Å². The van der Waals surface area contributed by atoms with E-state index in [4.69, 9.17) is 17.3 Å². The zero-order valence-electron chi connectivity index (χ0n) is 10.6. The van der Waals surface area contributed by atoms with Crippen molar-refractivity contribution < 1.29 is 4.79 Å². The lowest BCUT2D eigenvalue weighted by Crippen LogP contribution is -2.16. The Bertz CT molecular complexity index is 643. The fourth-order valence-corrected chi connectivity index (χ4v) is 1.81. The average Bonchev–Trinajstić information content (AvgIpc) is 2.35. The van der Waals surface area contributed by atoms with Gasteiger partial charge in [0.15, 0.2) is 0 Å². The lowest BCUT2D eigenvalue weighted by molar-refractivity contribution is 0.102. The Labute approximate surface area is 115 Å². The van der Waals surface area contributed by atoms with Gasteiger partial charge in [0, 0.05) is 5.69 Å². The van der Waals surface area contributed by atoms with Crippen LogP contribution in [0, 0.1) is 13.8 Å². The molecular weight excluding hydrogens is 264 g/mol. The summed E-state index contributed by atoms with van der Waals surface area (Å²) in [6, 6.07) is 6.68. The number of nitrogens with zero attached hydrogens (tertiary/aromatic N) is 2. The molecule has 2 aromatic rings. The third-order valence-corrected chi connectivity index (χ3v) is 2.86. The first kappa shape index (κ1) is 13.3. The Hall–Kier alpha value is -2.14. The first-order valence-electron chi connectivity index (χ1n) is 5.65. The number of aromatic nitrogens is 2. The number of pyridine rings is 2. The number of anilines is 2. The monoisotopic (exact) mass is 276 g/mol. The number of amides is 1. The molecule has 0 unspecified atom stereocenters. The Morgan fingerprint density at radius 2 is 1.95 bits per heavy atom. The average molecular weight is 277 g/mol. The van der Waals surface area contributed by atoms with Gasteiger partial charge in [-0.05, 0) is 38.1 Å². The molecule has 0 spiro atoms. The number of rotatable bonds is 2. The van der Waals surface area contributed by atoms with E-state index in [0.29, 0.717) is 5.69 Å². The molecular formula is C13H13ClN4O. The number of hydrogen-bond acceptors (Lipinski definition) is 4. The largest absolute Gasteiger partial charge is 0.384 e. The number of carbonyl (C=O) groups is 1. The summed E-state index contributed by atoms with van der Waals surface area (Å²) in [5.41, 5.74) is 7.88. The highest BCUT2D eigenvalue weighted by atomic mass is 35.5. The van der Waals surface area contributed by atoms with Crippen molar-refractivity contribution in [2.75, 3.05) is 11.1 Å². The lowest BCUT2D eigenvalue weighted by Gasteiger charge is -2.09. The summed E-state index contributed by atoms with van der Waals surface area (Å²) >= 11 is 5.93. The molecule has 0 aromatic carbocycles. The van der Waals surface area contributed by atoms with Crippen LogP contribution in [0.3, 0.4) is 0 Å². The predicted octanol–water partition coefficient (Wildman–Crippen LogP) is 2.58. The van der Waals surface area contributed by atoms with Gasteiger partial charge in [-0.15, -0.1) is 0 Å². The van der Waals surface area contributed by atoms with Crippen molar-refractivity contribution in [1.82, 2.24) is 9.97 Å². The van der Waals surface area contributed by atoms with E-state index < -0.39 is 5.91 Å². The maximum atomic E-state index is 12.1. The summed E-state index contributed by atoms with van der Waals surface area (Å²) in [6.45, 7) is 3.70. The van der Waals surface area contributed by atoms with Gasteiger partial charge in [-0.3, -0.25) is 9.78 Å². The molecule has 3 N–H and O–H groups in total. The number of nitrogen functional groups attached to an aromatic ring is 1. The van der Waals surface area contributed by atoms with Gasteiger partial charge in [0.2, 0.25) is 0 Å². The maximum Gasteiger partial charge on any atom is 0.275 e. The summed E-state index contributed by atoms with van der Waals surface area (Å²) in [7, 11) is 0. The molecule has 2 rings (SSSR count). The van der Waals surface area contributed by atoms with Crippen molar-refractivity contribution in [2.24, 2.45) is 0 Å². The van der Waals surface area contributed by atoms with E-state index in [1.54, 1.807) is 12.1 Å². The molecule has 1 amide bonds. The molecule has 0 aliphatic carbocycles. The van der Waals surface area contributed by atoms with Crippen LogP contribution in [0.25, 0.3) is 0 Å². The fourth-order valence-electron chi connectivity index (χ4n) is 1.62. The van der Waals surface area contributed by atoms with E-state index in [0.717, 1.165) is 11.4 Å². The van der Waals surface area contributed by atoms with Gasteiger partial charge in [-0.2, -0.15) is 0 Å². The molecule has 0 saturated heterocycles. The lowest BCUT2D eigenvalue weighted by atomic mass is 10.2. The van der Waals surface area contributed by atoms with Crippen molar-refractivity contribution in [2.45, 2.75) is 13.8 Å². The van der Waals surface area contributed by atoms with Crippen molar-refractivity contribution in [3.05, 3.63) is 46.4 Å². The first-order valence-corrected chi connectivity index (χ1v) is 6.03. The maximum absolute atomic E-state index is 12.1. The molecule has 0 aliphatic heterocycles. The SMILES string of the molecule is Cc1ccc(NC(=O)c2nc(N)ccc2Cl)c(C)n1. The fraction of sp³-hybridized carbons (Fsp3) is 0.154. The van der Waals surface area contributed by atoms with Crippen molar-refractivity contribution >= 4 is 29.0 Å². The standard InChI is InChI=1S/C13H13ClN4O/c1-7-3-5-10(8(2)16-7)17-13(19)12-9(14)4-6-11(15)18-12/h3-6H,1-2H3,(H2,15,18)(H,17,19). The van der Waals surface area contributed by atoms with Crippen LogP contribution < -0.4 is 11.1 Å². The molecule has 98 valence electrons. The topological polar surface area (TPSA) is 80.9 Å². The smallest absolute Gasteiger partial charge is 0.275 e. The van der Waals surface area contributed by atoms with E-state index in [2.05, 4.69) is 15.3 Å². The van der Waals surface area contributed by atoms with Gasteiger partial charge in [-0.1, -0.05) is 11.6 Å². The van der Waals surface area contributed by atoms with Crippen LogP contribution in [0.15, 0.2) is 24.3 Å². The molecule has 0 bridgehead atoms. The summed E-state index contributed by atoms with van der Waals surface area (Å²) in [5.74, 6) is -0.167. The second kappa shape index (κ2) is 5.24. The Morgan fingerprint density at radius 1 is 1.21 bits per heavy atom. The van der Waals surface area contributed by atoms with Crippen LogP contribution in [-0.2, 0) is 0 Å². The molecule has 0 fully saturated rings. The van der Waals surface area contributed by atoms with Crippen molar-refractivity contribution in [1.29, 1.82) is 0 Å². The van der Waals surface area contributed by atoms with Crippen LogP contribution in [0.2, 0.25) is 5.02 Å². The van der Waals surface area contributed by atoms with Crippen molar-refractivity contribution in [3.63, 3.8) is 0 Å². The Balaban J connectivity index is 2.28. The summed E-state index contributed by atoms with van der Waals surface area (Å²) in [5, 5.41) is 2.97. The van der Waals surface area contributed by atoms with E-state index in [9.17, 15) is 4.79 Å². The summed E-state index contributed by atoms with van der Waals surface area (Å²) in [4.78, 5) is 20.3. The van der Waals surface area contributed by atoms with Crippen LogP contribution in [-0.4, -0.2) is 15.9 Å². The van der Waals surface area contributed by atoms with Crippen molar-refractivity contribution in [3.8, 4) is 0 Å². The zero-order chi connectivity index (χ0) is 14.0. The quantitative estimate of drug-likeness (QED) is 0.883. The van der Waals surface area contributed by atoms with Gasteiger partial charge in [-0.25, -0.2) is 4.98 Å². The minimum atomic E-state index is -0.411. The van der Waals surface area contributed by atoms with Crippen LogP contribution in [0.4, 0.5) is 11.5 Å². The van der Waals surface area contributed by atoms with Gasteiger partial charge in [0.25, 0.3) is 5.91 Å². The number of hydrogen-bond donors (Lipinski definition) is 2. The highest BCUT2D eigenvalue weighted by molar-refractivity contribution is 6.34. The minimum absolute atomic E-state index is 0.0987. The van der Waals surface area contributed by atoms with Gasteiger partial charge in [0.05, 0.1) is 16.4 Å². The van der Waals surface area contributed by atoms with E-state index in [1.807, 2.05) is 19.9 Å². The zero-order valence-corrected chi connectivity index (χ0v) is 11.3. The number of halogens is 1. The molecule has 0 atom stereocenters. The normalized spacial score (nSPS) is 10.3. The number of nitrogens with two attached hydrogens (primary N) is 1. The minimum Gasteiger partial charge on any atom is -0.384 e. The molecule has 0 aliphatic rings. The third kappa shape index (κ3) is 3.00. The Morgan fingerprint density at radius 3 is 2.63 bits per heavy atom. The summed E-state index contributed by atoms with van der Waals surface area (Å²) < 4.78 is 0. The van der Waals surface area contributed by atoms with Gasteiger partial charge >= 0.3 is 0 Å². The highest BCUT2D eigenvalue weighted by Crippen LogP contribution is 2.18. The van der Waals surface area contributed by atoms with Gasteiger partial charge in [0.1, 0.15) is 11.5 Å². The molecule has 5 nitrogen and oxygen atoms in total. The van der Waals surface area contributed by atoms with E-state index >= 15 is 0 Å². The number of carbonyl (C=O) groups excluding carboxylic acids is 1. The highest BCUT2D eigenvalue weighted by Gasteiger charge is 2.14. The first-order chi connectivity index (χ1) is 8.97.